The molecule has 1 saturated heterocycles. The van der Waals surface area contributed by atoms with Gasteiger partial charge >= 0.3 is 0 Å². The minimum atomic E-state index is -0.551. The van der Waals surface area contributed by atoms with Gasteiger partial charge in [-0.3, -0.25) is 20.0 Å². The highest BCUT2D eigenvalue weighted by Gasteiger charge is 2.26. The molecule has 2 aromatic carbocycles. The van der Waals surface area contributed by atoms with Crippen molar-refractivity contribution in [2.45, 2.75) is 0 Å². The third-order valence-electron chi connectivity index (χ3n) is 5.59. The van der Waals surface area contributed by atoms with E-state index in [1.54, 1.807) is 24.3 Å². The normalized spacial score (nSPS) is 13.9. The molecule has 1 aliphatic rings. The maximum atomic E-state index is 12.8. The largest absolute Gasteiger partial charge is 0.497 e. The first-order chi connectivity index (χ1) is 16.0. The lowest BCUT2D eigenvalue weighted by atomic mass is 10.1. The van der Waals surface area contributed by atoms with Crippen molar-refractivity contribution in [1.29, 1.82) is 0 Å². The summed E-state index contributed by atoms with van der Waals surface area (Å²) >= 11 is 0. The lowest BCUT2D eigenvalue weighted by Crippen LogP contribution is -2.40. The number of pyridine rings is 1. The zero-order chi connectivity index (χ0) is 22.9. The number of nitrogens with zero attached hydrogens (tertiary/aromatic N) is 4. The number of morpholine rings is 1. The van der Waals surface area contributed by atoms with E-state index in [2.05, 4.69) is 20.5 Å². The molecule has 11 heteroatoms. The van der Waals surface area contributed by atoms with Gasteiger partial charge in [-0.2, -0.15) is 5.10 Å². The van der Waals surface area contributed by atoms with Gasteiger partial charge in [-0.1, -0.05) is 0 Å². The number of fused-ring (bicyclic) bond motifs is 3. The Balaban J connectivity index is 1.52. The zero-order valence-corrected chi connectivity index (χ0v) is 17.7. The van der Waals surface area contributed by atoms with Gasteiger partial charge in [0.15, 0.2) is 5.82 Å². The fraction of sp³-hybridized carbons (Fsp3) is 0.227. The van der Waals surface area contributed by atoms with Crippen molar-refractivity contribution in [3.8, 4) is 5.75 Å². The van der Waals surface area contributed by atoms with E-state index in [1.165, 1.54) is 12.1 Å². The maximum Gasteiger partial charge on any atom is 0.284 e. The van der Waals surface area contributed by atoms with E-state index in [-0.39, 0.29) is 17.2 Å². The molecule has 1 aliphatic heterocycles. The summed E-state index contributed by atoms with van der Waals surface area (Å²) in [6.45, 7) is 1.64. The SMILES string of the molecule is COc1ccc2nc(Nc3ccc(C(=O)N4CCOCC4)c([N+](=O)[O-])c3)c3[nH]ncc3c2c1. The molecule has 5 rings (SSSR count). The number of nitrogens with one attached hydrogen (secondary N) is 2. The van der Waals surface area contributed by atoms with Gasteiger partial charge in [0.2, 0.25) is 0 Å². The molecule has 4 aromatic rings. The Morgan fingerprint density at radius 2 is 2.03 bits per heavy atom. The first kappa shape index (κ1) is 20.6. The van der Waals surface area contributed by atoms with Crippen LogP contribution in [0.4, 0.5) is 17.2 Å². The van der Waals surface area contributed by atoms with Crippen LogP contribution < -0.4 is 10.1 Å². The fourth-order valence-electron chi connectivity index (χ4n) is 3.91. The molecule has 0 saturated carbocycles. The highest BCUT2D eigenvalue weighted by molar-refractivity contribution is 6.09. The van der Waals surface area contributed by atoms with Crippen LogP contribution >= 0.6 is 0 Å². The number of methoxy groups -OCH3 is 1. The summed E-state index contributed by atoms with van der Waals surface area (Å²) in [7, 11) is 1.59. The highest BCUT2D eigenvalue weighted by Crippen LogP contribution is 2.33. The molecule has 1 fully saturated rings. The number of ether oxygens (including phenoxy) is 2. The predicted molar refractivity (Wildman–Crippen MR) is 121 cm³/mol. The third kappa shape index (κ3) is 3.78. The van der Waals surface area contributed by atoms with Crippen LogP contribution in [0, 0.1) is 10.1 Å². The second kappa shape index (κ2) is 8.36. The molecule has 33 heavy (non-hydrogen) atoms. The van der Waals surface area contributed by atoms with Crippen LogP contribution in [0.5, 0.6) is 5.75 Å². The number of amides is 1. The number of nitro benzene ring substituents is 1. The molecule has 0 radical (unpaired) electrons. The monoisotopic (exact) mass is 448 g/mol. The molecule has 0 aliphatic carbocycles. The Morgan fingerprint density at radius 1 is 1.21 bits per heavy atom. The number of carbonyl (C=O) groups is 1. The van der Waals surface area contributed by atoms with Gasteiger partial charge < -0.3 is 19.7 Å². The Labute approximate surface area is 187 Å². The standard InChI is InChI=1S/C22H20N6O5/c1-32-14-3-5-18-16(11-14)17-12-23-26-20(17)21(25-18)24-13-2-4-15(19(10-13)28(30)31)22(29)27-6-8-33-9-7-27/h2-5,10-12H,6-9H2,1H3,(H,23,26)(H,24,25). The zero-order valence-electron chi connectivity index (χ0n) is 17.7. The Kier molecular flexibility index (Phi) is 5.23. The number of benzene rings is 2. The Morgan fingerprint density at radius 3 is 2.79 bits per heavy atom. The number of hydrogen-bond donors (Lipinski definition) is 2. The van der Waals surface area contributed by atoms with Crippen LogP contribution in [-0.2, 0) is 4.74 Å². The number of hydrogen-bond acceptors (Lipinski definition) is 8. The van der Waals surface area contributed by atoms with Gasteiger partial charge in [0.25, 0.3) is 11.6 Å². The third-order valence-corrected chi connectivity index (χ3v) is 5.59. The van der Waals surface area contributed by atoms with Gasteiger partial charge in [-0.05, 0) is 30.3 Å². The van der Waals surface area contributed by atoms with Crippen molar-refractivity contribution < 1.29 is 19.2 Å². The average molecular weight is 448 g/mol. The summed E-state index contributed by atoms with van der Waals surface area (Å²) in [6, 6.07) is 9.95. The first-order valence-electron chi connectivity index (χ1n) is 10.3. The van der Waals surface area contributed by atoms with Crippen molar-refractivity contribution >= 4 is 44.9 Å². The van der Waals surface area contributed by atoms with Crippen LogP contribution in [0.3, 0.4) is 0 Å². The quantitative estimate of drug-likeness (QED) is 0.351. The summed E-state index contributed by atoms with van der Waals surface area (Å²) in [4.78, 5) is 30.3. The number of aromatic amines is 1. The first-order valence-corrected chi connectivity index (χ1v) is 10.3. The molecule has 0 atom stereocenters. The number of aromatic nitrogens is 3. The minimum absolute atomic E-state index is 0.0395. The molecular weight excluding hydrogens is 428 g/mol. The van der Waals surface area contributed by atoms with Gasteiger partial charge in [0.1, 0.15) is 16.8 Å². The number of rotatable bonds is 5. The molecule has 2 aromatic heterocycles. The second-order valence-electron chi connectivity index (χ2n) is 7.52. The molecule has 11 nitrogen and oxygen atoms in total. The smallest absolute Gasteiger partial charge is 0.284 e. The number of carbonyl (C=O) groups excluding carboxylic acids is 1. The van der Waals surface area contributed by atoms with E-state index in [0.29, 0.717) is 54.6 Å². The predicted octanol–water partition coefficient (Wildman–Crippen LogP) is 3.24. The number of anilines is 2. The van der Waals surface area contributed by atoms with Crippen LogP contribution in [0.1, 0.15) is 10.4 Å². The van der Waals surface area contributed by atoms with Crippen LogP contribution in [0.15, 0.2) is 42.6 Å². The molecule has 0 spiro atoms. The molecular formula is C22H20N6O5. The summed E-state index contributed by atoms with van der Waals surface area (Å²) in [5, 5.41) is 23.6. The topological polar surface area (TPSA) is 136 Å². The maximum absolute atomic E-state index is 12.8. The van der Waals surface area contributed by atoms with Gasteiger partial charge in [0, 0.05) is 35.6 Å². The Bertz CT molecular complexity index is 1380. The number of H-pyrrole nitrogens is 1. The van der Waals surface area contributed by atoms with Crippen LogP contribution in [0.25, 0.3) is 21.8 Å². The van der Waals surface area contributed by atoms with E-state index in [4.69, 9.17) is 9.47 Å². The summed E-state index contributed by atoms with van der Waals surface area (Å²) in [6.07, 6.45) is 1.69. The van der Waals surface area contributed by atoms with Gasteiger partial charge in [-0.25, -0.2) is 4.98 Å². The molecule has 2 N–H and O–H groups in total. The summed E-state index contributed by atoms with van der Waals surface area (Å²) in [5.74, 6) is 0.774. The lowest BCUT2D eigenvalue weighted by Gasteiger charge is -2.26. The van der Waals surface area contributed by atoms with Crippen LogP contribution in [0.2, 0.25) is 0 Å². The van der Waals surface area contributed by atoms with E-state index in [0.717, 1.165) is 10.8 Å². The average Bonchev–Trinajstić information content (AvgIpc) is 3.35. The lowest BCUT2D eigenvalue weighted by molar-refractivity contribution is -0.385. The summed E-state index contributed by atoms with van der Waals surface area (Å²) in [5.41, 5.74) is 1.55. The van der Waals surface area contributed by atoms with Crippen molar-refractivity contribution in [2.24, 2.45) is 0 Å². The van der Waals surface area contributed by atoms with E-state index < -0.39 is 4.92 Å². The fourth-order valence-corrected chi connectivity index (χ4v) is 3.91. The van der Waals surface area contributed by atoms with Crippen molar-refractivity contribution in [1.82, 2.24) is 20.1 Å². The molecule has 3 heterocycles. The summed E-state index contributed by atoms with van der Waals surface area (Å²) < 4.78 is 10.6. The number of nitro groups is 1. The Hall–Kier alpha value is -4.25. The van der Waals surface area contributed by atoms with Gasteiger partial charge in [0.05, 0.1) is 37.0 Å². The van der Waals surface area contributed by atoms with Crippen molar-refractivity contribution in [2.75, 3.05) is 38.7 Å². The van der Waals surface area contributed by atoms with Crippen molar-refractivity contribution in [3.63, 3.8) is 0 Å². The van der Waals surface area contributed by atoms with Gasteiger partial charge in [-0.15, -0.1) is 0 Å². The highest BCUT2D eigenvalue weighted by atomic mass is 16.6. The minimum Gasteiger partial charge on any atom is -0.497 e. The van der Waals surface area contributed by atoms with Crippen molar-refractivity contribution in [3.05, 3.63) is 58.3 Å². The molecule has 0 unspecified atom stereocenters. The van der Waals surface area contributed by atoms with E-state index >= 15 is 0 Å². The second-order valence-corrected chi connectivity index (χ2v) is 7.52. The van der Waals surface area contributed by atoms with E-state index in [1.807, 2.05) is 18.2 Å². The molecule has 168 valence electrons. The molecule has 1 amide bonds. The molecule has 0 bridgehead atoms. The van der Waals surface area contributed by atoms with Crippen LogP contribution in [-0.4, -0.2) is 64.3 Å². The van der Waals surface area contributed by atoms with E-state index in [9.17, 15) is 14.9 Å².